The molecule has 0 saturated heterocycles. The number of hydrogen-bond acceptors (Lipinski definition) is 3. The third kappa shape index (κ3) is 1.31. The molecule has 0 aliphatic carbocycles. The van der Waals surface area contributed by atoms with E-state index in [4.69, 9.17) is 5.73 Å². The maximum absolute atomic E-state index is 10.8. The van der Waals surface area contributed by atoms with Crippen LogP contribution in [0.25, 0.3) is 0 Å². The average Bonchev–Trinajstić information content (AvgIpc) is 1.88. The number of carbonyl (C=O) groups excluding carboxylic acids is 1. The van der Waals surface area contributed by atoms with Crippen LogP contribution in [0, 0.1) is 0 Å². The average molecular weight is 156 g/mol. The van der Waals surface area contributed by atoms with E-state index in [0.29, 0.717) is 5.57 Å². The van der Waals surface area contributed by atoms with Crippen LogP contribution in [-0.4, -0.2) is 17.6 Å². The molecule has 0 unspecified atom stereocenters. The van der Waals surface area contributed by atoms with Crippen LogP contribution >= 0.6 is 12.2 Å². The van der Waals surface area contributed by atoms with Gasteiger partial charge in [-0.15, -0.1) is 0 Å². The minimum Gasteiger partial charge on any atom is -0.326 e. The van der Waals surface area contributed by atoms with Gasteiger partial charge in [-0.2, -0.15) is 0 Å². The Morgan fingerprint density at radius 3 is 3.00 bits per heavy atom. The van der Waals surface area contributed by atoms with Crippen LogP contribution in [0.2, 0.25) is 0 Å². The molecule has 1 aliphatic rings. The molecule has 1 aliphatic heterocycles. The molecule has 1 radical (unpaired) electrons. The zero-order chi connectivity index (χ0) is 7.56. The molecule has 53 valence electrons. The van der Waals surface area contributed by atoms with Gasteiger partial charge in [0.25, 0.3) is 5.91 Å². The molecule has 0 aromatic rings. The van der Waals surface area contributed by atoms with E-state index in [9.17, 15) is 4.79 Å². The number of nitrogens with zero attached hydrogens (tertiary/aromatic N) is 1. The molecule has 0 saturated carbocycles. The highest BCUT2D eigenvalue weighted by molar-refractivity contribution is 7.80. The van der Waals surface area contributed by atoms with Crippen molar-refractivity contribution in [2.75, 3.05) is 6.54 Å². The Kier molecular flexibility index (Phi) is 1.98. The summed E-state index contributed by atoms with van der Waals surface area (Å²) in [4.78, 5) is 10.8. The van der Waals surface area contributed by atoms with Gasteiger partial charge in [-0.25, -0.2) is 5.32 Å². The van der Waals surface area contributed by atoms with E-state index >= 15 is 0 Å². The van der Waals surface area contributed by atoms with Gasteiger partial charge in [-0.1, -0.05) is 0 Å². The van der Waals surface area contributed by atoms with E-state index in [1.54, 1.807) is 0 Å². The zero-order valence-corrected chi connectivity index (χ0v) is 5.94. The van der Waals surface area contributed by atoms with Crippen LogP contribution in [0.3, 0.4) is 0 Å². The largest absolute Gasteiger partial charge is 0.326 e. The third-order valence-corrected chi connectivity index (χ3v) is 1.28. The van der Waals surface area contributed by atoms with E-state index in [1.165, 1.54) is 6.20 Å². The summed E-state index contributed by atoms with van der Waals surface area (Å²) in [5, 5.41) is 6.24. The molecule has 0 fully saturated rings. The number of carbonyl (C=O) groups is 1. The van der Waals surface area contributed by atoms with Gasteiger partial charge in [0.1, 0.15) is 0 Å². The van der Waals surface area contributed by atoms with Crippen molar-refractivity contribution in [2.24, 2.45) is 5.73 Å². The summed E-state index contributed by atoms with van der Waals surface area (Å²) in [7, 11) is 0. The molecule has 1 rings (SSSR count). The maximum atomic E-state index is 10.8. The first kappa shape index (κ1) is 7.17. The quantitative estimate of drug-likeness (QED) is 0.471. The predicted octanol–water partition coefficient (Wildman–Crippen LogP) is -1.15. The van der Waals surface area contributed by atoms with E-state index in [2.05, 4.69) is 22.9 Å². The molecule has 0 bridgehead atoms. The summed E-state index contributed by atoms with van der Waals surface area (Å²) in [5.41, 5.74) is 5.66. The first-order valence-corrected chi connectivity index (χ1v) is 3.10. The first-order valence-electron chi connectivity index (χ1n) is 2.69. The lowest BCUT2D eigenvalue weighted by atomic mass is 10.2. The molecule has 0 atom stereocenters. The van der Waals surface area contributed by atoms with Gasteiger partial charge in [-0.05, 0) is 12.2 Å². The SMILES string of the molecule is NCC1=C[N]C(=S)NC1=O. The molecular weight excluding hydrogens is 150 g/mol. The van der Waals surface area contributed by atoms with E-state index in [1.807, 2.05) is 0 Å². The summed E-state index contributed by atoms with van der Waals surface area (Å²) in [6, 6.07) is 0. The minimum absolute atomic E-state index is 0.192. The van der Waals surface area contributed by atoms with Gasteiger partial charge >= 0.3 is 0 Å². The zero-order valence-electron chi connectivity index (χ0n) is 5.13. The minimum atomic E-state index is -0.248. The Labute approximate surface area is 63.5 Å². The Morgan fingerprint density at radius 1 is 1.80 bits per heavy atom. The van der Waals surface area contributed by atoms with Gasteiger partial charge in [0.15, 0.2) is 5.11 Å². The van der Waals surface area contributed by atoms with Crippen molar-refractivity contribution in [2.45, 2.75) is 0 Å². The van der Waals surface area contributed by atoms with Crippen molar-refractivity contribution < 1.29 is 4.79 Å². The second-order valence-corrected chi connectivity index (χ2v) is 2.13. The summed E-state index contributed by atoms with van der Waals surface area (Å²) >= 11 is 4.60. The highest BCUT2D eigenvalue weighted by Crippen LogP contribution is 1.95. The highest BCUT2D eigenvalue weighted by Gasteiger charge is 2.14. The van der Waals surface area contributed by atoms with Gasteiger partial charge in [0, 0.05) is 18.3 Å². The van der Waals surface area contributed by atoms with Crippen LogP contribution in [0.1, 0.15) is 0 Å². The van der Waals surface area contributed by atoms with Gasteiger partial charge in [0.05, 0.1) is 0 Å². The topological polar surface area (TPSA) is 69.2 Å². The number of nitrogens with two attached hydrogens (primary N) is 1. The van der Waals surface area contributed by atoms with Crippen LogP contribution in [0.4, 0.5) is 0 Å². The normalized spacial score (nSPS) is 17.5. The monoisotopic (exact) mass is 156 g/mol. The predicted molar refractivity (Wildman–Crippen MR) is 40.0 cm³/mol. The standard InChI is InChI=1S/C5H6N3OS/c6-1-3-2-7-5(10)8-4(3)9/h2H,1,6H2,(H,8,9,10). The lowest BCUT2D eigenvalue weighted by Gasteiger charge is -2.11. The maximum Gasteiger partial charge on any atom is 0.256 e. The molecule has 10 heavy (non-hydrogen) atoms. The summed E-state index contributed by atoms with van der Waals surface area (Å²) in [6.07, 6.45) is 1.39. The third-order valence-electron chi connectivity index (χ3n) is 1.07. The van der Waals surface area contributed by atoms with Crippen LogP contribution in [0.5, 0.6) is 0 Å². The second-order valence-electron chi connectivity index (χ2n) is 1.75. The van der Waals surface area contributed by atoms with Crippen molar-refractivity contribution in [1.82, 2.24) is 10.6 Å². The lowest BCUT2D eigenvalue weighted by Crippen LogP contribution is -2.40. The smallest absolute Gasteiger partial charge is 0.256 e. The van der Waals surface area contributed by atoms with Gasteiger partial charge in [-0.3, -0.25) is 10.1 Å². The van der Waals surface area contributed by atoms with Crippen LogP contribution in [0.15, 0.2) is 11.8 Å². The Morgan fingerprint density at radius 2 is 2.50 bits per heavy atom. The molecule has 0 spiro atoms. The second kappa shape index (κ2) is 2.76. The van der Waals surface area contributed by atoms with Crippen LogP contribution < -0.4 is 16.4 Å². The molecule has 1 amide bonds. The first-order chi connectivity index (χ1) is 4.74. The molecule has 1 heterocycles. The molecule has 3 N–H and O–H groups in total. The van der Waals surface area contributed by atoms with Crippen molar-refractivity contribution in [3.05, 3.63) is 11.8 Å². The Bertz CT molecular complexity index is 211. The molecule has 0 aromatic heterocycles. The summed E-state index contributed by atoms with van der Waals surface area (Å²) in [5.74, 6) is -0.248. The van der Waals surface area contributed by atoms with E-state index < -0.39 is 0 Å². The molecular formula is C5H6N3OS. The Balaban J connectivity index is 2.75. The van der Waals surface area contributed by atoms with E-state index in [-0.39, 0.29) is 17.6 Å². The van der Waals surface area contributed by atoms with Crippen molar-refractivity contribution in [3.8, 4) is 0 Å². The van der Waals surface area contributed by atoms with E-state index in [0.717, 1.165) is 0 Å². The fourth-order valence-corrected chi connectivity index (χ4v) is 0.696. The number of hydrogen-bond donors (Lipinski definition) is 2. The fourth-order valence-electron chi connectivity index (χ4n) is 0.550. The number of rotatable bonds is 1. The van der Waals surface area contributed by atoms with Gasteiger partial charge < -0.3 is 5.73 Å². The Hall–Kier alpha value is -0.940. The lowest BCUT2D eigenvalue weighted by molar-refractivity contribution is -0.116. The molecule has 0 aromatic carbocycles. The number of thiocarbonyl (C=S) groups is 1. The number of amides is 1. The molecule has 4 nitrogen and oxygen atoms in total. The fraction of sp³-hybridized carbons (Fsp3) is 0.200. The van der Waals surface area contributed by atoms with Crippen LogP contribution in [-0.2, 0) is 4.79 Å². The van der Waals surface area contributed by atoms with Crippen molar-refractivity contribution in [3.63, 3.8) is 0 Å². The summed E-state index contributed by atoms with van der Waals surface area (Å²) < 4.78 is 0. The van der Waals surface area contributed by atoms with Crippen molar-refractivity contribution in [1.29, 1.82) is 0 Å². The highest BCUT2D eigenvalue weighted by atomic mass is 32.1. The van der Waals surface area contributed by atoms with Gasteiger partial charge in [0.2, 0.25) is 0 Å². The molecule has 5 heteroatoms. The number of nitrogens with one attached hydrogen (secondary N) is 1. The summed E-state index contributed by atoms with van der Waals surface area (Å²) in [6.45, 7) is 0.192. The van der Waals surface area contributed by atoms with Crippen molar-refractivity contribution >= 4 is 23.2 Å².